The molecule has 0 saturated heterocycles. The average molecular weight is 476 g/mol. The number of methoxy groups -OCH3 is 1. The largest absolute Gasteiger partial charge is 0.733 e. The van der Waals surface area contributed by atoms with Crippen molar-refractivity contribution >= 4 is 22.6 Å². The van der Waals surface area contributed by atoms with Gasteiger partial charge in [-0.05, 0) is 35.9 Å². The Morgan fingerprint density at radius 1 is 1.06 bits per heavy atom. The Morgan fingerprint density at radius 2 is 1.86 bits per heavy atom. The van der Waals surface area contributed by atoms with E-state index in [2.05, 4.69) is 0 Å². The van der Waals surface area contributed by atoms with Gasteiger partial charge in [-0.25, -0.2) is 0 Å². The van der Waals surface area contributed by atoms with E-state index in [9.17, 15) is 30.2 Å². The molecule has 0 spiro atoms. The first-order valence-corrected chi connectivity index (χ1v) is 10.4. The van der Waals surface area contributed by atoms with Crippen LogP contribution in [0.1, 0.15) is 23.5 Å². The minimum Gasteiger partial charge on any atom is -0.733 e. The molecule has 0 fully saturated rings. The van der Waals surface area contributed by atoms with Gasteiger partial charge in [0.05, 0.1) is 19.2 Å². The zero-order chi connectivity index (χ0) is 24.9. The number of ether oxygens (including phenoxy) is 2. The van der Waals surface area contributed by atoms with Gasteiger partial charge in [-0.15, -0.1) is 0 Å². The van der Waals surface area contributed by atoms with E-state index < -0.39 is 23.1 Å². The first-order chi connectivity index (χ1) is 16.8. The fourth-order valence-corrected chi connectivity index (χ4v) is 4.29. The third kappa shape index (κ3) is 3.80. The Hall–Kier alpha value is -4.54. The molecule has 0 aliphatic carbocycles. The molecule has 0 bridgehead atoms. The van der Waals surface area contributed by atoms with Crippen molar-refractivity contribution in [3.05, 3.63) is 81.2 Å². The smallest absolute Gasteiger partial charge is 0.312 e. The van der Waals surface area contributed by atoms with Crippen molar-refractivity contribution in [1.29, 1.82) is 0 Å². The van der Waals surface area contributed by atoms with Crippen LogP contribution in [0.4, 0.5) is 5.69 Å². The molecule has 10 heteroatoms. The number of benzene rings is 3. The summed E-state index contributed by atoms with van der Waals surface area (Å²) in [6.45, 7) is 0. The van der Waals surface area contributed by atoms with E-state index in [-0.39, 0.29) is 51.3 Å². The molecule has 5 rings (SSSR count). The van der Waals surface area contributed by atoms with Crippen molar-refractivity contribution in [3.8, 4) is 34.3 Å². The monoisotopic (exact) mass is 476 g/mol. The zero-order valence-corrected chi connectivity index (χ0v) is 18.2. The van der Waals surface area contributed by atoms with Gasteiger partial charge in [-0.2, -0.15) is 0 Å². The lowest BCUT2D eigenvalue weighted by Gasteiger charge is -2.28. The Labute approximate surface area is 197 Å². The molecule has 1 atom stereocenters. The average Bonchev–Trinajstić information content (AvgIpc) is 2.83. The standard InChI is InChI=1S/C25H18NO9/c1-33-19-6-5-13(8-16(19)27)20-10-17(28)24-18(29)11-21-23(25(24)35-20)15(9-22(30)34-21)12-3-2-4-14(7-12)26(31)32/h2-8,10-11,15,27,29,31H,9H2,1H3/q-1. The first-order valence-electron chi connectivity index (χ1n) is 10.4. The summed E-state index contributed by atoms with van der Waals surface area (Å²) >= 11 is 0. The molecule has 10 nitrogen and oxygen atoms in total. The maximum Gasteiger partial charge on any atom is 0.312 e. The Kier molecular flexibility index (Phi) is 5.31. The van der Waals surface area contributed by atoms with Crippen molar-refractivity contribution < 1.29 is 34.1 Å². The van der Waals surface area contributed by atoms with Crippen LogP contribution in [0.3, 0.4) is 0 Å². The van der Waals surface area contributed by atoms with Gasteiger partial charge in [0.2, 0.25) is 0 Å². The molecule has 1 unspecified atom stereocenters. The van der Waals surface area contributed by atoms with Crippen molar-refractivity contribution in [3.63, 3.8) is 0 Å². The highest BCUT2D eigenvalue weighted by Gasteiger charge is 2.33. The lowest BCUT2D eigenvalue weighted by Crippen LogP contribution is -2.22. The van der Waals surface area contributed by atoms with Gasteiger partial charge in [-0.3, -0.25) is 14.8 Å². The summed E-state index contributed by atoms with van der Waals surface area (Å²) in [6, 6.07) is 12.8. The molecule has 35 heavy (non-hydrogen) atoms. The van der Waals surface area contributed by atoms with Crippen LogP contribution in [0.5, 0.6) is 23.0 Å². The van der Waals surface area contributed by atoms with E-state index in [4.69, 9.17) is 13.9 Å². The fraction of sp³-hybridized carbons (Fsp3) is 0.120. The molecule has 3 aromatic carbocycles. The van der Waals surface area contributed by atoms with E-state index in [1.807, 2.05) is 0 Å². The molecule has 2 heterocycles. The van der Waals surface area contributed by atoms with Crippen LogP contribution in [0, 0.1) is 5.21 Å². The Bertz CT molecular complexity index is 1540. The third-order valence-corrected chi connectivity index (χ3v) is 5.88. The third-order valence-electron chi connectivity index (χ3n) is 5.88. The maximum absolute atomic E-state index is 13.0. The second kappa shape index (κ2) is 8.35. The summed E-state index contributed by atoms with van der Waals surface area (Å²) < 4.78 is 16.5. The summed E-state index contributed by atoms with van der Waals surface area (Å²) in [5.41, 5.74) is 0.556. The molecule has 0 radical (unpaired) electrons. The maximum atomic E-state index is 13.0. The van der Waals surface area contributed by atoms with Gasteiger partial charge in [0.1, 0.15) is 28.2 Å². The van der Waals surface area contributed by atoms with Crippen LogP contribution in [0.25, 0.3) is 22.3 Å². The number of carbonyl (C=O) groups excluding carboxylic acids is 1. The van der Waals surface area contributed by atoms with Crippen LogP contribution in [-0.2, 0) is 4.79 Å². The number of phenols is 2. The number of carbonyl (C=O) groups is 1. The second-order valence-electron chi connectivity index (χ2n) is 7.97. The quantitative estimate of drug-likeness (QED) is 0.224. The number of rotatable bonds is 4. The summed E-state index contributed by atoms with van der Waals surface area (Å²) in [6.07, 6.45) is -0.141. The van der Waals surface area contributed by atoms with E-state index in [0.717, 1.165) is 0 Å². The molecule has 1 aromatic heterocycles. The number of hydrogen-bond donors (Lipinski definition) is 3. The Morgan fingerprint density at radius 3 is 2.57 bits per heavy atom. The van der Waals surface area contributed by atoms with Gasteiger partial charge in [0, 0.05) is 29.2 Å². The molecule has 1 aliphatic rings. The molecule has 0 saturated carbocycles. The Balaban J connectivity index is 1.78. The van der Waals surface area contributed by atoms with Crippen LogP contribution < -0.4 is 20.1 Å². The molecule has 178 valence electrons. The van der Waals surface area contributed by atoms with E-state index >= 15 is 0 Å². The van der Waals surface area contributed by atoms with Crippen LogP contribution in [0.15, 0.2) is 63.8 Å². The SMILES string of the molecule is COc1ccc(-c2cc(=O)c3c(O)cc4c(c3o2)C(c2cccc(N([O-])O)c2)CC(=O)O4)cc1O. The molecule has 0 amide bonds. The highest BCUT2D eigenvalue weighted by Crippen LogP contribution is 2.46. The van der Waals surface area contributed by atoms with E-state index in [0.29, 0.717) is 16.7 Å². The molecule has 4 aromatic rings. The number of fused-ring (bicyclic) bond motifs is 3. The lowest BCUT2D eigenvalue weighted by atomic mass is 9.85. The highest BCUT2D eigenvalue weighted by atomic mass is 16.8. The lowest BCUT2D eigenvalue weighted by molar-refractivity contribution is -0.135. The topological polar surface area (TPSA) is 153 Å². The summed E-state index contributed by atoms with van der Waals surface area (Å²) in [7, 11) is 1.40. The number of aromatic hydroxyl groups is 2. The number of esters is 1. The van der Waals surface area contributed by atoms with E-state index in [1.165, 1.54) is 49.6 Å². The van der Waals surface area contributed by atoms with Crippen LogP contribution in [0.2, 0.25) is 0 Å². The fourth-order valence-electron chi connectivity index (χ4n) is 4.29. The minimum atomic E-state index is -0.711. The van der Waals surface area contributed by atoms with Gasteiger partial charge in [-0.1, -0.05) is 12.1 Å². The normalized spacial score (nSPS) is 14.9. The number of nitrogens with zero attached hydrogens (tertiary/aromatic N) is 1. The zero-order valence-electron chi connectivity index (χ0n) is 18.2. The summed E-state index contributed by atoms with van der Waals surface area (Å²) in [5, 5.41) is 41.1. The van der Waals surface area contributed by atoms with Crippen molar-refractivity contribution in [2.75, 3.05) is 12.3 Å². The minimum absolute atomic E-state index is 0.00232. The molecule has 1 aliphatic heterocycles. The van der Waals surface area contributed by atoms with Crippen LogP contribution in [-0.4, -0.2) is 28.5 Å². The number of hydrogen-bond acceptors (Lipinski definition) is 10. The first kappa shape index (κ1) is 22.3. The van der Waals surface area contributed by atoms with Gasteiger partial charge in [0.15, 0.2) is 16.9 Å². The summed E-state index contributed by atoms with van der Waals surface area (Å²) in [4.78, 5) is 25.4. The predicted octanol–water partition coefficient (Wildman–Crippen LogP) is 4.01. The van der Waals surface area contributed by atoms with Crippen molar-refractivity contribution in [2.45, 2.75) is 12.3 Å². The number of phenolic OH excluding ortho intramolecular Hbond substituents is 2. The molecular formula is C25H18NO9-. The van der Waals surface area contributed by atoms with Crippen molar-refractivity contribution in [2.24, 2.45) is 0 Å². The van der Waals surface area contributed by atoms with Gasteiger partial charge >= 0.3 is 5.97 Å². The van der Waals surface area contributed by atoms with Gasteiger partial charge < -0.3 is 34.5 Å². The van der Waals surface area contributed by atoms with Crippen LogP contribution >= 0.6 is 0 Å². The van der Waals surface area contributed by atoms with E-state index in [1.54, 1.807) is 12.1 Å². The van der Waals surface area contributed by atoms with Gasteiger partial charge in [0.25, 0.3) is 0 Å². The van der Waals surface area contributed by atoms with Crippen molar-refractivity contribution in [1.82, 2.24) is 0 Å². The number of anilines is 1. The highest BCUT2D eigenvalue weighted by molar-refractivity contribution is 5.93. The molecular weight excluding hydrogens is 458 g/mol. The molecule has 3 N–H and O–H groups in total. The second-order valence-corrected chi connectivity index (χ2v) is 7.97. The predicted molar refractivity (Wildman–Crippen MR) is 124 cm³/mol. The summed E-state index contributed by atoms with van der Waals surface area (Å²) in [5.74, 6) is -1.57.